The van der Waals surface area contributed by atoms with Gasteiger partial charge in [-0.05, 0) is 142 Å². The molecule has 8 unspecified atom stereocenters. The highest BCUT2D eigenvalue weighted by atomic mass is 28.6. The van der Waals surface area contributed by atoms with Crippen molar-refractivity contribution in [3.05, 3.63) is 0 Å². The van der Waals surface area contributed by atoms with Crippen molar-refractivity contribution >= 4 is 70.4 Å². The van der Waals surface area contributed by atoms with Crippen LogP contribution in [0, 0.1) is 90.7 Å². The summed E-state index contributed by atoms with van der Waals surface area (Å²) < 4.78 is 104. The highest BCUT2D eigenvalue weighted by Gasteiger charge is 2.84. The molecular formula is C64H136O12Si8. The predicted molar refractivity (Wildman–Crippen MR) is 363 cm³/mol. The van der Waals surface area contributed by atoms with E-state index in [1.807, 2.05) is 0 Å². The first-order valence-corrected chi connectivity index (χ1v) is 49.2. The van der Waals surface area contributed by atoms with Gasteiger partial charge in [0.2, 0.25) is 0 Å². The van der Waals surface area contributed by atoms with Gasteiger partial charge in [0, 0.05) is 48.4 Å². The lowest BCUT2D eigenvalue weighted by molar-refractivity contribution is -0.0366. The third-order valence-corrected chi connectivity index (χ3v) is 55.6. The minimum Gasteiger partial charge on any atom is -0.373 e. The minimum atomic E-state index is -4.27. The first-order chi connectivity index (χ1) is 37.3. The van der Waals surface area contributed by atoms with Crippen LogP contribution in [-0.2, 0) is 49.4 Å². The Morgan fingerprint density at radius 3 is 0.298 bits per heavy atom. The van der Waals surface area contributed by atoms with E-state index in [4.69, 9.17) is 49.4 Å². The smallest absolute Gasteiger partial charge is 0.373 e. The monoisotopic (exact) mass is 1320 g/mol. The standard InChI is InChI=1S/C64H136O12Si8/c1-49(33-57(9,10)11)41-77-65-78(42-50(2)34-58(12,13)14)68-81(45-53(5)37-61(21,22)23)70-79(66-77,43-51(3)35-59(15,16)17)72-83(47-55(7)39-63(27,28)29)73-80(67-77,44-52(4)36-60(18,19)20)71-82(69-78,46-54(6)38-62(24,25)26)75-84(74-81,76-83)48-56(8)40-64(30,31)32/h49-56H,33-48H2,1-32H3. The molecule has 496 valence electrons. The van der Waals surface area contributed by atoms with E-state index in [2.05, 4.69) is 222 Å². The van der Waals surface area contributed by atoms with Gasteiger partial charge >= 0.3 is 70.4 Å². The second-order valence-electron chi connectivity index (χ2n) is 39.3. The van der Waals surface area contributed by atoms with Crippen LogP contribution in [0.5, 0.6) is 0 Å². The van der Waals surface area contributed by atoms with Crippen LogP contribution in [0.4, 0.5) is 0 Å². The zero-order chi connectivity index (χ0) is 64.4. The van der Waals surface area contributed by atoms with Gasteiger partial charge in [0.05, 0.1) is 0 Å². The molecule has 0 amide bonds. The lowest BCUT2D eigenvalue weighted by atomic mass is 9.86. The lowest BCUT2D eigenvalue weighted by Gasteiger charge is -2.64. The van der Waals surface area contributed by atoms with E-state index in [0.717, 1.165) is 51.4 Å². The van der Waals surface area contributed by atoms with Gasteiger partial charge < -0.3 is 49.4 Å². The molecule has 6 saturated heterocycles. The number of hydrogen-bond donors (Lipinski definition) is 0. The van der Waals surface area contributed by atoms with Gasteiger partial charge in [-0.15, -0.1) is 0 Å². The Kier molecular flexibility index (Phi) is 23.7. The molecule has 6 heterocycles. The Bertz CT molecular complexity index is 1620. The van der Waals surface area contributed by atoms with Crippen LogP contribution in [0.3, 0.4) is 0 Å². The Labute approximate surface area is 528 Å². The fraction of sp³-hybridized carbons (Fsp3) is 1.00. The average molecular weight is 1320 g/mol. The van der Waals surface area contributed by atoms with Crippen LogP contribution in [0.2, 0.25) is 48.4 Å². The highest BCUT2D eigenvalue weighted by molar-refractivity contribution is 7.03. The molecule has 0 aromatic rings. The Morgan fingerprint density at radius 1 is 0.167 bits per heavy atom. The Hall–Kier alpha value is 1.26. The van der Waals surface area contributed by atoms with Crippen LogP contribution in [-0.4, -0.2) is 70.4 Å². The van der Waals surface area contributed by atoms with Crippen LogP contribution in [0.1, 0.15) is 273 Å². The van der Waals surface area contributed by atoms with Gasteiger partial charge in [0.1, 0.15) is 0 Å². The molecule has 0 spiro atoms. The van der Waals surface area contributed by atoms with Crippen molar-refractivity contribution < 1.29 is 49.4 Å². The summed E-state index contributed by atoms with van der Waals surface area (Å²) in [6.07, 6.45) is 7.28. The number of rotatable bonds is 24. The van der Waals surface area contributed by atoms with E-state index < -0.39 is 70.4 Å². The highest BCUT2D eigenvalue weighted by Crippen LogP contribution is 2.58. The average Bonchev–Trinajstić information content (AvgIpc) is 3.07. The molecule has 0 radical (unpaired) electrons. The van der Waals surface area contributed by atoms with Gasteiger partial charge in [-0.3, -0.25) is 0 Å². The van der Waals surface area contributed by atoms with Crippen molar-refractivity contribution in [2.75, 3.05) is 0 Å². The SMILES string of the molecule is CC(CC(C)(C)C)C[Si]12O[Si]3(CC(C)CC(C)(C)C)O[Si]4(CC(C)CC(C)(C)C)O[Si](CC(C)CC(C)(C)C)(O1)O[Si]1(CC(C)CC(C)(C)C)O[Si](CC(C)CC(C)(C)C)(O2)O[Si](CC(C)CC(C)(C)C)(O3)O[Si](CC(C)CC(C)(C)C)(O4)O1. The molecule has 6 aliphatic rings. The maximum atomic E-state index is 8.63. The predicted octanol–water partition coefficient (Wildman–Crippen LogP) is 20.3. The summed E-state index contributed by atoms with van der Waals surface area (Å²) in [7, 11) is -34.2. The summed E-state index contributed by atoms with van der Waals surface area (Å²) in [5.74, 6) is 0.751. The van der Waals surface area contributed by atoms with E-state index in [1.165, 1.54) is 0 Å². The van der Waals surface area contributed by atoms with Crippen LogP contribution in [0.15, 0.2) is 0 Å². The summed E-state index contributed by atoms with van der Waals surface area (Å²) in [6.45, 7) is 74.9. The van der Waals surface area contributed by atoms with Crippen LogP contribution < -0.4 is 0 Å². The molecule has 6 fully saturated rings. The molecule has 20 heteroatoms. The molecule has 0 aromatic carbocycles. The van der Waals surface area contributed by atoms with Crippen molar-refractivity contribution in [2.45, 2.75) is 321 Å². The second-order valence-corrected chi connectivity index (χ2v) is 63.3. The molecule has 6 rings (SSSR count). The summed E-state index contributed by atoms with van der Waals surface area (Å²) in [5, 5.41) is 0. The first kappa shape index (κ1) is 76.0. The summed E-state index contributed by atoms with van der Waals surface area (Å²) in [6, 6.07) is 3.95. The molecule has 0 aromatic heterocycles. The molecule has 8 atom stereocenters. The van der Waals surface area contributed by atoms with E-state index in [-0.39, 0.29) is 90.7 Å². The number of hydrogen-bond acceptors (Lipinski definition) is 12. The largest absolute Gasteiger partial charge is 0.479 e. The molecule has 84 heavy (non-hydrogen) atoms. The Morgan fingerprint density at radius 2 is 0.238 bits per heavy atom. The fourth-order valence-electron chi connectivity index (χ4n) is 16.7. The van der Waals surface area contributed by atoms with Gasteiger partial charge in [-0.25, -0.2) is 0 Å². The first-order valence-electron chi connectivity index (χ1n) is 33.7. The Balaban J connectivity index is 2.13. The fourth-order valence-corrected chi connectivity index (χ4v) is 68.4. The summed E-state index contributed by atoms with van der Waals surface area (Å²) >= 11 is 0. The third kappa shape index (κ3) is 24.0. The topological polar surface area (TPSA) is 111 Å². The van der Waals surface area contributed by atoms with Crippen molar-refractivity contribution in [3.63, 3.8) is 0 Å². The van der Waals surface area contributed by atoms with E-state index >= 15 is 0 Å². The van der Waals surface area contributed by atoms with Crippen molar-refractivity contribution in [3.8, 4) is 0 Å². The summed E-state index contributed by atoms with van der Waals surface area (Å²) in [5.41, 5.74) is -0.0315. The summed E-state index contributed by atoms with van der Waals surface area (Å²) in [4.78, 5) is 0. The second kappa shape index (κ2) is 26.2. The maximum Gasteiger partial charge on any atom is 0.479 e. The maximum absolute atomic E-state index is 8.63. The van der Waals surface area contributed by atoms with E-state index in [0.29, 0.717) is 48.4 Å². The quantitative estimate of drug-likeness (QED) is 0.0858. The molecule has 6 aliphatic heterocycles. The van der Waals surface area contributed by atoms with Crippen molar-refractivity contribution in [1.29, 1.82) is 0 Å². The van der Waals surface area contributed by atoms with Gasteiger partial charge in [-0.1, -0.05) is 222 Å². The van der Waals surface area contributed by atoms with Gasteiger partial charge in [-0.2, -0.15) is 0 Å². The normalized spacial score (nSPS) is 34.9. The zero-order valence-corrected chi connectivity index (χ0v) is 68.8. The molecule has 0 N–H and O–H groups in total. The van der Waals surface area contributed by atoms with Crippen LogP contribution in [0.25, 0.3) is 0 Å². The van der Waals surface area contributed by atoms with Crippen molar-refractivity contribution in [1.82, 2.24) is 0 Å². The van der Waals surface area contributed by atoms with Crippen molar-refractivity contribution in [2.24, 2.45) is 90.7 Å². The molecule has 0 aliphatic carbocycles. The minimum absolute atomic E-state index is 0.00393. The zero-order valence-electron chi connectivity index (χ0n) is 60.8. The molecule has 12 nitrogen and oxygen atoms in total. The van der Waals surface area contributed by atoms with Gasteiger partial charge in [0.15, 0.2) is 0 Å². The van der Waals surface area contributed by atoms with Gasteiger partial charge in [0.25, 0.3) is 0 Å². The molecule has 8 bridgehead atoms. The van der Waals surface area contributed by atoms with E-state index in [9.17, 15) is 0 Å². The van der Waals surface area contributed by atoms with Crippen LogP contribution >= 0.6 is 0 Å². The molecular weight excluding hydrogens is 1190 g/mol. The molecule has 0 saturated carbocycles. The lowest BCUT2D eigenvalue weighted by Crippen LogP contribution is -2.89. The van der Waals surface area contributed by atoms with E-state index in [1.54, 1.807) is 0 Å². The third-order valence-electron chi connectivity index (χ3n) is 16.2.